The number of nitrogens with one attached hydrogen (secondary N) is 2. The van der Waals surface area contributed by atoms with E-state index in [1.807, 2.05) is 20.8 Å². The maximum Gasteiger partial charge on any atom is 0.339 e. The van der Waals surface area contributed by atoms with Crippen molar-refractivity contribution in [3.05, 3.63) is 22.5 Å². The van der Waals surface area contributed by atoms with Crippen molar-refractivity contribution in [2.75, 3.05) is 13.7 Å². The van der Waals surface area contributed by atoms with Crippen LogP contribution in [0.5, 0.6) is 0 Å². The summed E-state index contributed by atoms with van der Waals surface area (Å²) < 4.78 is 4.85. The van der Waals surface area contributed by atoms with Crippen molar-refractivity contribution < 1.29 is 14.3 Å². The Hall–Kier alpha value is -1.62. The Labute approximate surface area is 161 Å². The number of aryl methyl sites for hydroxylation is 1. The van der Waals surface area contributed by atoms with Crippen LogP contribution in [0.3, 0.4) is 0 Å². The number of hydrogen-bond donors (Lipinski definition) is 2. The van der Waals surface area contributed by atoms with E-state index in [2.05, 4.69) is 10.3 Å². The van der Waals surface area contributed by atoms with Gasteiger partial charge >= 0.3 is 5.97 Å². The van der Waals surface area contributed by atoms with E-state index in [4.69, 9.17) is 4.74 Å². The zero-order chi connectivity index (χ0) is 19.3. The highest BCUT2D eigenvalue weighted by Gasteiger charge is 2.50. The Morgan fingerprint density at radius 1 is 1.15 bits per heavy atom. The van der Waals surface area contributed by atoms with Gasteiger partial charge in [-0.3, -0.25) is 4.79 Å². The molecule has 4 aliphatic rings. The number of ketones is 1. The average Bonchev–Trinajstić information content (AvgIpc) is 2.91. The van der Waals surface area contributed by atoms with Gasteiger partial charge in [-0.25, -0.2) is 4.79 Å². The van der Waals surface area contributed by atoms with Crippen LogP contribution in [0.1, 0.15) is 77.6 Å². The van der Waals surface area contributed by atoms with Crippen molar-refractivity contribution >= 4 is 11.8 Å². The van der Waals surface area contributed by atoms with E-state index < -0.39 is 5.97 Å². The third-order valence-corrected chi connectivity index (χ3v) is 7.42. The van der Waals surface area contributed by atoms with Gasteiger partial charge in [0.25, 0.3) is 0 Å². The molecule has 0 spiro atoms. The second kappa shape index (κ2) is 6.77. The first-order valence-corrected chi connectivity index (χ1v) is 10.4. The number of aromatic amines is 1. The topological polar surface area (TPSA) is 71.2 Å². The first-order valence-electron chi connectivity index (χ1n) is 10.4. The van der Waals surface area contributed by atoms with Gasteiger partial charge in [0.1, 0.15) is 0 Å². The zero-order valence-electron chi connectivity index (χ0n) is 17.0. The summed E-state index contributed by atoms with van der Waals surface area (Å²) in [5, 5.41) is 3.55. The Kier molecular flexibility index (Phi) is 4.69. The van der Waals surface area contributed by atoms with Crippen molar-refractivity contribution in [3.63, 3.8) is 0 Å². The van der Waals surface area contributed by atoms with Crippen LogP contribution >= 0.6 is 0 Å². The molecule has 5 nitrogen and oxygen atoms in total. The molecular formula is C22H32N2O3. The molecule has 27 heavy (non-hydrogen) atoms. The minimum absolute atomic E-state index is 0.0236. The molecule has 0 saturated heterocycles. The number of carbonyl (C=O) groups excluding carboxylic acids is 2. The first kappa shape index (κ1) is 18.7. The molecule has 4 saturated carbocycles. The Bertz CT molecular complexity index is 729. The monoisotopic (exact) mass is 372 g/mol. The molecule has 148 valence electrons. The number of carbonyl (C=O) groups is 2. The Morgan fingerprint density at radius 3 is 2.22 bits per heavy atom. The van der Waals surface area contributed by atoms with Gasteiger partial charge in [0.05, 0.1) is 24.4 Å². The highest BCUT2D eigenvalue weighted by Crippen LogP contribution is 2.59. The van der Waals surface area contributed by atoms with Gasteiger partial charge in [-0.2, -0.15) is 0 Å². The van der Waals surface area contributed by atoms with Gasteiger partial charge < -0.3 is 15.0 Å². The van der Waals surface area contributed by atoms with E-state index in [1.54, 1.807) is 0 Å². The van der Waals surface area contributed by atoms with Crippen LogP contribution in [-0.2, 0) is 4.74 Å². The molecule has 4 fully saturated rings. The molecule has 5 rings (SSSR count). The van der Waals surface area contributed by atoms with Gasteiger partial charge in [0.2, 0.25) is 0 Å². The molecule has 0 unspecified atom stereocenters. The van der Waals surface area contributed by atoms with Crippen LogP contribution in [0.2, 0.25) is 0 Å². The molecule has 4 aliphatic carbocycles. The van der Waals surface area contributed by atoms with Crippen LogP contribution in [0.15, 0.2) is 0 Å². The second-order valence-corrected chi connectivity index (χ2v) is 9.50. The molecule has 0 aliphatic heterocycles. The summed E-state index contributed by atoms with van der Waals surface area (Å²) in [4.78, 5) is 28.1. The molecule has 1 atom stereocenters. The second-order valence-electron chi connectivity index (χ2n) is 9.50. The fourth-order valence-electron chi connectivity index (χ4n) is 6.59. The van der Waals surface area contributed by atoms with Gasteiger partial charge in [0.15, 0.2) is 5.78 Å². The van der Waals surface area contributed by atoms with Crippen molar-refractivity contribution in [3.8, 4) is 0 Å². The number of Topliss-reactive ketones (excluding diaryl/α,β-unsaturated/α-hetero) is 1. The predicted molar refractivity (Wildman–Crippen MR) is 104 cm³/mol. The van der Waals surface area contributed by atoms with Gasteiger partial charge in [-0.15, -0.1) is 0 Å². The minimum atomic E-state index is -0.394. The number of methoxy groups -OCH3 is 1. The maximum absolute atomic E-state index is 13.0. The van der Waals surface area contributed by atoms with E-state index in [0.717, 1.165) is 24.3 Å². The van der Waals surface area contributed by atoms with Gasteiger partial charge in [-0.1, -0.05) is 0 Å². The third kappa shape index (κ3) is 3.24. The highest BCUT2D eigenvalue weighted by atomic mass is 16.5. The lowest BCUT2D eigenvalue weighted by Gasteiger charge is -2.57. The largest absolute Gasteiger partial charge is 0.465 e. The van der Waals surface area contributed by atoms with Crippen LogP contribution in [0, 0.1) is 37.0 Å². The van der Waals surface area contributed by atoms with Crippen LogP contribution in [-0.4, -0.2) is 36.4 Å². The molecule has 1 aromatic rings. The van der Waals surface area contributed by atoms with E-state index in [9.17, 15) is 9.59 Å². The summed E-state index contributed by atoms with van der Waals surface area (Å²) in [6.45, 7) is 6.50. The predicted octanol–water partition coefficient (Wildman–Crippen LogP) is 3.80. The summed E-state index contributed by atoms with van der Waals surface area (Å²) >= 11 is 0. The molecule has 0 amide bonds. The van der Waals surface area contributed by atoms with E-state index in [0.29, 0.717) is 27.9 Å². The van der Waals surface area contributed by atoms with Crippen molar-refractivity contribution in [1.29, 1.82) is 0 Å². The molecule has 2 N–H and O–H groups in total. The van der Waals surface area contributed by atoms with Crippen molar-refractivity contribution in [2.45, 2.75) is 65.3 Å². The number of H-pyrrole nitrogens is 1. The number of ether oxygens (including phenoxy) is 1. The molecule has 1 heterocycles. The van der Waals surface area contributed by atoms with Gasteiger partial charge in [-0.05, 0) is 88.0 Å². The fraction of sp³-hybridized carbons (Fsp3) is 0.727. The number of aromatic nitrogens is 1. The zero-order valence-corrected chi connectivity index (χ0v) is 17.0. The van der Waals surface area contributed by atoms with Crippen LogP contribution in [0.25, 0.3) is 0 Å². The smallest absolute Gasteiger partial charge is 0.339 e. The lowest BCUT2D eigenvalue weighted by atomic mass is 9.49. The van der Waals surface area contributed by atoms with Crippen molar-refractivity contribution in [2.24, 2.45) is 23.2 Å². The minimum Gasteiger partial charge on any atom is -0.465 e. The normalized spacial score (nSPS) is 32.5. The molecular weight excluding hydrogens is 340 g/mol. The summed E-state index contributed by atoms with van der Waals surface area (Å²) in [6, 6.07) is -0.264. The molecule has 5 heteroatoms. The third-order valence-electron chi connectivity index (χ3n) is 7.42. The SMILES string of the molecule is COC(=O)c1c(C)[nH]c(C(=O)[C@H](C)NCC23CC4CC(CC(C4)C2)C3)c1C. The van der Waals surface area contributed by atoms with Crippen LogP contribution < -0.4 is 5.32 Å². The summed E-state index contributed by atoms with van der Waals surface area (Å²) in [6.07, 6.45) is 8.31. The summed E-state index contributed by atoms with van der Waals surface area (Å²) in [5.74, 6) is 2.38. The summed E-state index contributed by atoms with van der Waals surface area (Å²) in [7, 11) is 1.37. The van der Waals surface area contributed by atoms with E-state index in [1.165, 1.54) is 45.6 Å². The quantitative estimate of drug-likeness (QED) is 0.589. The first-order chi connectivity index (χ1) is 12.8. The van der Waals surface area contributed by atoms with E-state index >= 15 is 0 Å². The van der Waals surface area contributed by atoms with Gasteiger partial charge in [0, 0.05) is 12.2 Å². The summed E-state index contributed by atoms with van der Waals surface area (Å²) in [5.41, 5.74) is 2.79. The molecule has 0 aromatic carbocycles. The lowest BCUT2D eigenvalue weighted by Crippen LogP contribution is -2.52. The lowest BCUT2D eigenvalue weighted by molar-refractivity contribution is -0.0518. The number of rotatable bonds is 6. The standard InChI is InChI=1S/C22H32N2O3/c1-12-18(21(26)27-4)13(2)24-19(12)20(25)14(3)23-11-22-8-15-5-16(9-22)7-17(6-15)10-22/h14-17,23-24H,5-11H2,1-4H3/t14-,15?,16?,17?,22?/m0/s1. The Morgan fingerprint density at radius 2 is 1.70 bits per heavy atom. The molecule has 0 radical (unpaired) electrons. The molecule has 4 bridgehead atoms. The highest BCUT2D eigenvalue weighted by molar-refractivity contribution is 6.03. The number of hydrogen-bond acceptors (Lipinski definition) is 4. The van der Waals surface area contributed by atoms with Crippen molar-refractivity contribution in [1.82, 2.24) is 10.3 Å². The van der Waals surface area contributed by atoms with E-state index in [-0.39, 0.29) is 11.8 Å². The van der Waals surface area contributed by atoms with Crippen LogP contribution in [0.4, 0.5) is 0 Å². The Balaban J connectivity index is 1.44. The number of esters is 1. The molecule has 1 aromatic heterocycles. The fourth-order valence-corrected chi connectivity index (χ4v) is 6.59. The average molecular weight is 373 g/mol. The maximum atomic E-state index is 13.0.